The Morgan fingerprint density at radius 2 is 2.05 bits per heavy atom. The van der Waals surface area contributed by atoms with Gasteiger partial charge in [0.1, 0.15) is 10.8 Å². The van der Waals surface area contributed by atoms with Crippen molar-refractivity contribution in [1.82, 2.24) is 10.2 Å². The molecule has 0 saturated carbocycles. The number of benzene rings is 1. The van der Waals surface area contributed by atoms with Gasteiger partial charge in [-0.15, -0.1) is 5.10 Å². The molecule has 0 radical (unpaired) electrons. The lowest BCUT2D eigenvalue weighted by Crippen LogP contribution is -2.17. The van der Waals surface area contributed by atoms with Crippen LogP contribution in [0, 0.1) is 23.2 Å². The molecule has 0 aliphatic carbocycles. The first-order valence-electron chi connectivity index (χ1n) is 5.76. The first kappa shape index (κ1) is 15.0. The van der Waals surface area contributed by atoms with Crippen LogP contribution in [0.3, 0.4) is 0 Å². The molecule has 0 aliphatic heterocycles. The van der Waals surface area contributed by atoms with Gasteiger partial charge >= 0.3 is 0 Å². The standard InChI is InChI=1S/C13H12FIN4S/c1-6-7(2)18-19-13(11(6)12(16)20)17-10-4-3-8(14)5-9(10)15/h3-5H,1-2H3,(H2,16,20)(H,17,19). The van der Waals surface area contributed by atoms with Crippen molar-refractivity contribution >= 4 is 51.3 Å². The van der Waals surface area contributed by atoms with Gasteiger partial charge in [-0.3, -0.25) is 0 Å². The summed E-state index contributed by atoms with van der Waals surface area (Å²) in [6, 6.07) is 4.44. The molecular formula is C13H12FIN4S. The molecule has 0 saturated heterocycles. The summed E-state index contributed by atoms with van der Waals surface area (Å²) in [6.07, 6.45) is 0. The minimum atomic E-state index is -0.291. The largest absolute Gasteiger partial charge is 0.389 e. The van der Waals surface area contributed by atoms with Gasteiger partial charge in [-0.05, 0) is 60.2 Å². The minimum Gasteiger partial charge on any atom is -0.389 e. The van der Waals surface area contributed by atoms with Gasteiger partial charge in [0.15, 0.2) is 5.82 Å². The van der Waals surface area contributed by atoms with Crippen LogP contribution in [0.4, 0.5) is 15.9 Å². The molecule has 1 aromatic carbocycles. The van der Waals surface area contributed by atoms with Crippen LogP contribution < -0.4 is 11.1 Å². The first-order chi connectivity index (χ1) is 9.40. The molecule has 7 heteroatoms. The van der Waals surface area contributed by atoms with E-state index in [4.69, 9.17) is 18.0 Å². The second kappa shape index (κ2) is 5.96. The number of anilines is 2. The smallest absolute Gasteiger partial charge is 0.163 e. The summed E-state index contributed by atoms with van der Waals surface area (Å²) in [6.45, 7) is 3.73. The second-order valence-electron chi connectivity index (χ2n) is 4.25. The molecular weight excluding hydrogens is 390 g/mol. The van der Waals surface area contributed by atoms with E-state index in [1.807, 2.05) is 36.4 Å². The summed E-state index contributed by atoms with van der Waals surface area (Å²) in [5.41, 5.74) is 8.80. The highest BCUT2D eigenvalue weighted by Crippen LogP contribution is 2.26. The van der Waals surface area contributed by atoms with Gasteiger partial charge in [0.25, 0.3) is 0 Å². The predicted molar refractivity (Wildman–Crippen MR) is 89.8 cm³/mol. The average Bonchev–Trinajstić information content (AvgIpc) is 2.36. The lowest BCUT2D eigenvalue weighted by molar-refractivity contribution is 0.627. The fraction of sp³-hybridized carbons (Fsp3) is 0.154. The molecule has 20 heavy (non-hydrogen) atoms. The molecule has 2 rings (SSSR count). The molecule has 0 spiro atoms. The van der Waals surface area contributed by atoms with E-state index in [9.17, 15) is 4.39 Å². The molecule has 0 bridgehead atoms. The van der Waals surface area contributed by atoms with E-state index >= 15 is 0 Å². The van der Waals surface area contributed by atoms with Crippen molar-refractivity contribution < 1.29 is 4.39 Å². The van der Waals surface area contributed by atoms with Gasteiger partial charge < -0.3 is 11.1 Å². The number of nitrogens with zero attached hydrogens (tertiary/aromatic N) is 2. The van der Waals surface area contributed by atoms with Crippen molar-refractivity contribution in [3.63, 3.8) is 0 Å². The molecule has 0 fully saturated rings. The lowest BCUT2D eigenvalue weighted by atomic mass is 10.1. The van der Waals surface area contributed by atoms with Crippen LogP contribution in [0.1, 0.15) is 16.8 Å². The van der Waals surface area contributed by atoms with Crippen LogP contribution in [0.15, 0.2) is 18.2 Å². The predicted octanol–water partition coefficient (Wildman–Crippen LogP) is 3.21. The SMILES string of the molecule is Cc1nnc(Nc2ccc(F)cc2I)c(C(N)=S)c1C. The first-order valence-corrected chi connectivity index (χ1v) is 7.24. The Bertz CT molecular complexity index is 690. The summed E-state index contributed by atoms with van der Waals surface area (Å²) >= 11 is 7.12. The molecule has 0 unspecified atom stereocenters. The molecule has 0 aliphatic rings. The average molecular weight is 402 g/mol. The number of aryl methyl sites for hydroxylation is 1. The molecule has 4 nitrogen and oxygen atoms in total. The summed E-state index contributed by atoms with van der Waals surface area (Å²) in [4.78, 5) is 0.250. The van der Waals surface area contributed by atoms with E-state index in [1.54, 1.807) is 6.07 Å². The van der Waals surface area contributed by atoms with Crippen LogP contribution in [0.25, 0.3) is 0 Å². The molecule has 3 N–H and O–H groups in total. The van der Waals surface area contributed by atoms with Gasteiger partial charge in [-0.25, -0.2) is 4.39 Å². The quantitative estimate of drug-likeness (QED) is 0.610. The van der Waals surface area contributed by atoms with Crippen LogP contribution in [0.2, 0.25) is 0 Å². The summed E-state index contributed by atoms with van der Waals surface area (Å²) in [7, 11) is 0. The zero-order valence-corrected chi connectivity index (χ0v) is 13.8. The van der Waals surface area contributed by atoms with E-state index < -0.39 is 0 Å². The van der Waals surface area contributed by atoms with Crippen LogP contribution in [0.5, 0.6) is 0 Å². The minimum absolute atomic E-state index is 0.250. The van der Waals surface area contributed by atoms with Crippen molar-refractivity contribution in [3.8, 4) is 0 Å². The van der Waals surface area contributed by atoms with Crippen LogP contribution in [-0.4, -0.2) is 15.2 Å². The summed E-state index contributed by atoms with van der Waals surface area (Å²) in [5, 5.41) is 11.3. The van der Waals surface area contributed by atoms with Gasteiger partial charge in [0.2, 0.25) is 0 Å². The Kier molecular flexibility index (Phi) is 4.48. The number of thiocarbonyl (C=S) groups is 1. The third kappa shape index (κ3) is 3.04. The molecule has 1 heterocycles. The summed E-state index contributed by atoms with van der Waals surface area (Å²) < 4.78 is 13.8. The Morgan fingerprint density at radius 3 is 2.65 bits per heavy atom. The Labute approximate surface area is 135 Å². The number of nitrogens with one attached hydrogen (secondary N) is 1. The van der Waals surface area contributed by atoms with Gasteiger partial charge in [-0.1, -0.05) is 12.2 Å². The number of nitrogens with two attached hydrogens (primary N) is 1. The number of halogens is 2. The normalized spacial score (nSPS) is 10.4. The molecule has 2 aromatic rings. The molecule has 0 amide bonds. The van der Waals surface area contributed by atoms with Gasteiger partial charge in [-0.2, -0.15) is 5.10 Å². The Hall–Kier alpha value is -1.35. The Morgan fingerprint density at radius 1 is 1.35 bits per heavy atom. The highest BCUT2D eigenvalue weighted by Gasteiger charge is 2.14. The van der Waals surface area contributed by atoms with Crippen LogP contribution >= 0.6 is 34.8 Å². The Balaban J connectivity index is 2.48. The zero-order valence-electron chi connectivity index (χ0n) is 10.9. The fourth-order valence-electron chi connectivity index (χ4n) is 1.72. The summed E-state index contributed by atoms with van der Waals surface area (Å²) in [5.74, 6) is 0.186. The number of hydrogen-bond acceptors (Lipinski definition) is 4. The van der Waals surface area contributed by atoms with Gasteiger partial charge in [0.05, 0.1) is 16.9 Å². The van der Waals surface area contributed by atoms with Crippen molar-refractivity contribution in [2.24, 2.45) is 5.73 Å². The second-order valence-corrected chi connectivity index (χ2v) is 5.85. The monoisotopic (exact) mass is 402 g/mol. The van der Waals surface area contributed by atoms with E-state index in [1.165, 1.54) is 12.1 Å². The highest BCUT2D eigenvalue weighted by atomic mass is 127. The molecule has 104 valence electrons. The van der Waals surface area contributed by atoms with Crippen molar-refractivity contribution in [1.29, 1.82) is 0 Å². The van der Waals surface area contributed by atoms with E-state index in [-0.39, 0.29) is 10.8 Å². The highest BCUT2D eigenvalue weighted by molar-refractivity contribution is 14.1. The third-order valence-electron chi connectivity index (χ3n) is 2.89. The number of aromatic nitrogens is 2. The fourth-order valence-corrected chi connectivity index (χ4v) is 2.58. The van der Waals surface area contributed by atoms with E-state index in [2.05, 4.69) is 15.5 Å². The third-order valence-corrected chi connectivity index (χ3v) is 3.98. The maximum absolute atomic E-state index is 13.1. The molecule has 0 atom stereocenters. The lowest BCUT2D eigenvalue weighted by Gasteiger charge is -2.14. The zero-order chi connectivity index (χ0) is 14.9. The maximum atomic E-state index is 13.1. The number of rotatable bonds is 3. The maximum Gasteiger partial charge on any atom is 0.163 e. The topological polar surface area (TPSA) is 63.8 Å². The van der Waals surface area contributed by atoms with Gasteiger partial charge in [0, 0.05) is 3.57 Å². The van der Waals surface area contributed by atoms with Crippen molar-refractivity contribution in [3.05, 3.63) is 44.4 Å². The van der Waals surface area contributed by atoms with Crippen LogP contribution in [-0.2, 0) is 0 Å². The molecule has 1 aromatic heterocycles. The van der Waals surface area contributed by atoms with Crippen molar-refractivity contribution in [2.45, 2.75) is 13.8 Å². The van der Waals surface area contributed by atoms with E-state index in [0.717, 1.165) is 20.5 Å². The van der Waals surface area contributed by atoms with E-state index in [0.29, 0.717) is 11.4 Å². The van der Waals surface area contributed by atoms with Crippen molar-refractivity contribution in [2.75, 3.05) is 5.32 Å². The number of hydrogen-bond donors (Lipinski definition) is 2.